The fourth-order valence-electron chi connectivity index (χ4n) is 4.31. The van der Waals surface area contributed by atoms with E-state index >= 15 is 0 Å². The first kappa shape index (κ1) is 18.2. The minimum absolute atomic E-state index is 0.0195. The van der Waals surface area contributed by atoms with Crippen molar-refractivity contribution < 1.29 is 4.79 Å². The van der Waals surface area contributed by atoms with E-state index < -0.39 is 0 Å². The zero-order chi connectivity index (χ0) is 19.7. The Kier molecular flexibility index (Phi) is 4.75. The van der Waals surface area contributed by atoms with Crippen LogP contribution in [0, 0.1) is 0 Å². The van der Waals surface area contributed by atoms with Gasteiger partial charge in [0.25, 0.3) is 0 Å². The standard InChI is InChI=1S/C22H23N5OS/c28-20(23-17-12-6-2-7-13-17)18-22(14-8-3-9-15-22)26-27-19(24-25-21(27)29-18)16-10-4-1-5-11-16/h1-2,4-7,10-13,18,26H,3,8-9,14-15H2,(H,23,28)/t18-/m1/s1. The van der Waals surface area contributed by atoms with Crippen molar-refractivity contribution in [2.45, 2.75) is 48.0 Å². The number of aromatic nitrogens is 3. The van der Waals surface area contributed by atoms with Crippen LogP contribution >= 0.6 is 11.8 Å². The van der Waals surface area contributed by atoms with E-state index in [-0.39, 0.29) is 16.7 Å². The molecule has 29 heavy (non-hydrogen) atoms. The Morgan fingerprint density at radius 1 is 1.00 bits per heavy atom. The number of rotatable bonds is 3. The smallest absolute Gasteiger partial charge is 0.240 e. The molecule has 1 amide bonds. The molecule has 2 aromatic carbocycles. The lowest BCUT2D eigenvalue weighted by Crippen LogP contribution is -2.59. The van der Waals surface area contributed by atoms with Gasteiger partial charge in [-0.25, -0.2) is 4.68 Å². The SMILES string of the molecule is O=C(Nc1ccccc1)[C@H]1Sc2nnc(-c3ccccc3)n2NC12CCCCC2. The van der Waals surface area contributed by atoms with Gasteiger partial charge in [-0.1, -0.05) is 79.6 Å². The van der Waals surface area contributed by atoms with Gasteiger partial charge in [0, 0.05) is 11.3 Å². The lowest BCUT2D eigenvalue weighted by atomic mass is 9.79. The second kappa shape index (κ2) is 7.55. The van der Waals surface area contributed by atoms with Crippen molar-refractivity contribution in [3.63, 3.8) is 0 Å². The summed E-state index contributed by atoms with van der Waals surface area (Å²) in [4.78, 5) is 13.3. The maximum Gasteiger partial charge on any atom is 0.240 e. The molecule has 7 heteroatoms. The maximum atomic E-state index is 13.3. The molecule has 1 aliphatic carbocycles. The van der Waals surface area contributed by atoms with E-state index in [1.54, 1.807) is 0 Å². The van der Waals surface area contributed by atoms with Crippen LogP contribution in [0.3, 0.4) is 0 Å². The van der Waals surface area contributed by atoms with Crippen LogP contribution in [-0.2, 0) is 4.79 Å². The summed E-state index contributed by atoms with van der Waals surface area (Å²) < 4.78 is 1.98. The van der Waals surface area contributed by atoms with Crippen molar-refractivity contribution >= 4 is 23.4 Å². The van der Waals surface area contributed by atoms with Crippen LogP contribution in [0.5, 0.6) is 0 Å². The number of thioether (sulfide) groups is 1. The third kappa shape index (κ3) is 3.40. The van der Waals surface area contributed by atoms with E-state index in [4.69, 9.17) is 0 Å². The molecule has 1 saturated carbocycles. The number of para-hydroxylation sites is 1. The summed E-state index contributed by atoms with van der Waals surface area (Å²) in [6.07, 6.45) is 5.35. The second-order valence-electron chi connectivity index (χ2n) is 7.69. The zero-order valence-electron chi connectivity index (χ0n) is 16.0. The van der Waals surface area contributed by atoms with Gasteiger partial charge in [-0.3, -0.25) is 4.79 Å². The van der Waals surface area contributed by atoms with Crippen molar-refractivity contribution in [3.05, 3.63) is 60.7 Å². The Balaban J connectivity index is 1.50. The van der Waals surface area contributed by atoms with Gasteiger partial charge in [0.05, 0.1) is 5.54 Å². The highest BCUT2D eigenvalue weighted by Gasteiger charge is 2.49. The predicted octanol–water partition coefficient (Wildman–Crippen LogP) is 4.30. The van der Waals surface area contributed by atoms with Gasteiger partial charge in [-0.2, -0.15) is 0 Å². The summed E-state index contributed by atoms with van der Waals surface area (Å²) in [7, 11) is 0. The number of carbonyl (C=O) groups is 1. The molecule has 2 heterocycles. The fourth-order valence-corrected chi connectivity index (χ4v) is 5.53. The Morgan fingerprint density at radius 3 is 2.41 bits per heavy atom. The van der Waals surface area contributed by atoms with Crippen LogP contribution < -0.4 is 10.7 Å². The zero-order valence-corrected chi connectivity index (χ0v) is 16.9. The molecular weight excluding hydrogens is 382 g/mol. The van der Waals surface area contributed by atoms with Gasteiger partial charge in [-0.05, 0) is 25.0 Å². The van der Waals surface area contributed by atoms with E-state index in [0.717, 1.165) is 47.9 Å². The van der Waals surface area contributed by atoms with Crippen LogP contribution in [0.15, 0.2) is 65.8 Å². The largest absolute Gasteiger partial charge is 0.325 e. The van der Waals surface area contributed by atoms with Crippen molar-refractivity contribution in [2.24, 2.45) is 0 Å². The first-order valence-electron chi connectivity index (χ1n) is 10.1. The normalized spacial score (nSPS) is 19.9. The number of nitrogens with one attached hydrogen (secondary N) is 2. The average Bonchev–Trinajstić information content (AvgIpc) is 3.17. The number of nitrogens with zero attached hydrogens (tertiary/aromatic N) is 3. The summed E-state index contributed by atoms with van der Waals surface area (Å²) >= 11 is 1.52. The molecule has 148 valence electrons. The monoisotopic (exact) mass is 405 g/mol. The molecule has 0 unspecified atom stereocenters. The topological polar surface area (TPSA) is 71.8 Å². The number of hydrogen-bond donors (Lipinski definition) is 2. The van der Waals surface area contributed by atoms with Gasteiger partial charge in [0.1, 0.15) is 5.25 Å². The number of anilines is 1. The van der Waals surface area contributed by atoms with Gasteiger partial charge in [0.15, 0.2) is 5.82 Å². The molecule has 1 fully saturated rings. The van der Waals surface area contributed by atoms with Crippen LogP contribution in [0.2, 0.25) is 0 Å². The molecule has 0 radical (unpaired) electrons. The predicted molar refractivity (Wildman–Crippen MR) is 115 cm³/mol. The molecule has 2 aliphatic rings. The number of carbonyl (C=O) groups excluding carboxylic acids is 1. The quantitative estimate of drug-likeness (QED) is 0.680. The van der Waals surface area contributed by atoms with Crippen LogP contribution in [0.25, 0.3) is 11.4 Å². The molecule has 2 N–H and O–H groups in total. The maximum absolute atomic E-state index is 13.3. The van der Waals surface area contributed by atoms with Crippen molar-refractivity contribution in [2.75, 3.05) is 10.7 Å². The van der Waals surface area contributed by atoms with Gasteiger partial charge in [0.2, 0.25) is 11.1 Å². The Morgan fingerprint density at radius 2 is 1.69 bits per heavy atom. The van der Waals surface area contributed by atoms with E-state index in [0.29, 0.717) is 0 Å². The highest BCUT2D eigenvalue weighted by molar-refractivity contribution is 8.00. The molecule has 0 bridgehead atoms. The van der Waals surface area contributed by atoms with Crippen molar-refractivity contribution in [1.82, 2.24) is 14.9 Å². The van der Waals surface area contributed by atoms with E-state index in [9.17, 15) is 4.79 Å². The van der Waals surface area contributed by atoms with Crippen LogP contribution in [0.4, 0.5) is 5.69 Å². The molecular formula is C22H23N5OS. The lowest BCUT2D eigenvalue weighted by Gasteiger charge is -2.46. The van der Waals surface area contributed by atoms with Gasteiger partial charge in [-0.15, -0.1) is 10.2 Å². The summed E-state index contributed by atoms with van der Waals surface area (Å²) in [5.41, 5.74) is 5.21. The Hall–Kier alpha value is -2.80. The van der Waals surface area contributed by atoms with Crippen molar-refractivity contribution in [3.8, 4) is 11.4 Å². The van der Waals surface area contributed by atoms with E-state index in [2.05, 4.69) is 20.9 Å². The van der Waals surface area contributed by atoms with E-state index in [1.807, 2.05) is 65.3 Å². The summed E-state index contributed by atoms with van der Waals surface area (Å²) in [6, 6.07) is 19.7. The molecule has 1 spiro atoms. The minimum Gasteiger partial charge on any atom is -0.325 e. The molecule has 1 aromatic heterocycles. The molecule has 1 aliphatic heterocycles. The number of amides is 1. The molecule has 6 nitrogen and oxygen atoms in total. The first-order chi connectivity index (χ1) is 14.3. The number of fused-ring (bicyclic) bond motifs is 1. The average molecular weight is 406 g/mol. The third-order valence-corrected chi connectivity index (χ3v) is 7.13. The van der Waals surface area contributed by atoms with Crippen LogP contribution in [-0.4, -0.2) is 31.6 Å². The third-order valence-electron chi connectivity index (χ3n) is 5.75. The summed E-state index contributed by atoms with van der Waals surface area (Å²) in [5.74, 6) is 0.811. The minimum atomic E-state index is -0.305. The Labute approximate surface area is 174 Å². The summed E-state index contributed by atoms with van der Waals surface area (Å²) in [5, 5.41) is 12.4. The van der Waals surface area contributed by atoms with Crippen molar-refractivity contribution in [1.29, 1.82) is 0 Å². The highest BCUT2D eigenvalue weighted by Crippen LogP contribution is 2.44. The molecule has 1 atom stereocenters. The molecule has 3 aromatic rings. The fraction of sp³-hybridized carbons (Fsp3) is 0.318. The Bertz CT molecular complexity index is 999. The molecule has 5 rings (SSSR count). The second-order valence-corrected chi connectivity index (χ2v) is 8.76. The molecule has 0 saturated heterocycles. The van der Waals surface area contributed by atoms with Crippen LogP contribution in [0.1, 0.15) is 32.1 Å². The first-order valence-corrected chi connectivity index (χ1v) is 10.9. The van der Waals surface area contributed by atoms with E-state index in [1.165, 1.54) is 18.2 Å². The summed E-state index contributed by atoms with van der Waals surface area (Å²) in [6.45, 7) is 0. The highest BCUT2D eigenvalue weighted by atomic mass is 32.2. The number of hydrogen-bond acceptors (Lipinski definition) is 5. The van der Waals surface area contributed by atoms with Gasteiger partial charge < -0.3 is 10.7 Å². The van der Waals surface area contributed by atoms with Gasteiger partial charge >= 0.3 is 0 Å². The number of benzene rings is 2. The lowest BCUT2D eigenvalue weighted by molar-refractivity contribution is -0.117.